The van der Waals surface area contributed by atoms with E-state index >= 15 is 0 Å². The van der Waals surface area contributed by atoms with Crippen molar-refractivity contribution in [2.75, 3.05) is 26.0 Å². The summed E-state index contributed by atoms with van der Waals surface area (Å²) in [5, 5.41) is 2.90. The summed E-state index contributed by atoms with van der Waals surface area (Å²) in [6, 6.07) is 12.3. The van der Waals surface area contributed by atoms with Gasteiger partial charge in [0.1, 0.15) is 11.6 Å². The van der Waals surface area contributed by atoms with Crippen molar-refractivity contribution in [3.8, 4) is 5.75 Å². The van der Waals surface area contributed by atoms with Crippen LogP contribution in [0, 0.1) is 0 Å². The number of amides is 1. The molecule has 9 heteroatoms. The predicted molar refractivity (Wildman–Crippen MR) is 130 cm³/mol. The van der Waals surface area contributed by atoms with Crippen LogP contribution in [0.1, 0.15) is 38.9 Å². The number of aromatic nitrogens is 2. The molecule has 0 saturated heterocycles. The van der Waals surface area contributed by atoms with E-state index in [0.717, 1.165) is 36.5 Å². The minimum Gasteiger partial charge on any atom is -0.494 e. The molecule has 0 aliphatic carbocycles. The zero-order valence-corrected chi connectivity index (χ0v) is 20.5. The lowest BCUT2D eigenvalue weighted by atomic mass is 10.2. The number of hydrogen-bond acceptors (Lipinski definition) is 5. The standard InChI is InChI=1S/C24H32N4O4S/c1-5-7-16-28-22-13-12-20(33(30,31)27(3)4)17-21(22)26-23(28)14-15-24(29)25-18-8-10-19(11-9-18)32-6-2/h8-13,17H,5-7,14-16H2,1-4H3,(H,25,29). The number of rotatable bonds is 11. The largest absolute Gasteiger partial charge is 0.494 e. The smallest absolute Gasteiger partial charge is 0.242 e. The van der Waals surface area contributed by atoms with Crippen molar-refractivity contribution < 1.29 is 17.9 Å². The fourth-order valence-electron chi connectivity index (χ4n) is 3.54. The van der Waals surface area contributed by atoms with Crippen molar-refractivity contribution in [2.45, 2.75) is 51.0 Å². The first-order valence-corrected chi connectivity index (χ1v) is 12.6. The Balaban J connectivity index is 1.78. The van der Waals surface area contributed by atoms with Gasteiger partial charge in [-0.05, 0) is 55.8 Å². The average molecular weight is 473 g/mol. The number of nitrogens with one attached hydrogen (secondary N) is 1. The summed E-state index contributed by atoms with van der Waals surface area (Å²) in [4.78, 5) is 17.4. The van der Waals surface area contributed by atoms with E-state index in [2.05, 4.69) is 16.8 Å². The number of aryl methyl sites for hydroxylation is 2. The second-order valence-corrected chi connectivity index (χ2v) is 10.1. The molecule has 1 N–H and O–H groups in total. The van der Waals surface area contributed by atoms with E-state index in [1.807, 2.05) is 31.2 Å². The monoisotopic (exact) mass is 472 g/mol. The number of nitrogens with zero attached hydrogens (tertiary/aromatic N) is 3. The maximum atomic E-state index is 12.5. The highest BCUT2D eigenvalue weighted by atomic mass is 32.2. The van der Waals surface area contributed by atoms with E-state index in [-0.39, 0.29) is 17.2 Å². The lowest BCUT2D eigenvalue weighted by Gasteiger charge is -2.11. The van der Waals surface area contributed by atoms with Gasteiger partial charge in [0.15, 0.2) is 0 Å². The van der Waals surface area contributed by atoms with Crippen molar-refractivity contribution in [3.63, 3.8) is 0 Å². The van der Waals surface area contributed by atoms with Gasteiger partial charge in [0, 0.05) is 39.2 Å². The molecule has 0 radical (unpaired) electrons. The molecule has 1 amide bonds. The maximum absolute atomic E-state index is 12.5. The zero-order chi connectivity index (χ0) is 24.0. The molecule has 0 aliphatic rings. The van der Waals surface area contributed by atoms with Crippen molar-refractivity contribution in [3.05, 3.63) is 48.3 Å². The van der Waals surface area contributed by atoms with Gasteiger partial charge in [-0.15, -0.1) is 0 Å². The molecule has 0 unspecified atom stereocenters. The van der Waals surface area contributed by atoms with Crippen LogP contribution >= 0.6 is 0 Å². The molecule has 0 saturated carbocycles. The summed E-state index contributed by atoms with van der Waals surface area (Å²) in [6.45, 7) is 5.40. The van der Waals surface area contributed by atoms with Gasteiger partial charge in [0.2, 0.25) is 15.9 Å². The van der Waals surface area contributed by atoms with Crippen LogP contribution in [0.3, 0.4) is 0 Å². The number of imidazole rings is 1. The fourth-order valence-corrected chi connectivity index (χ4v) is 4.46. The quantitative estimate of drug-likeness (QED) is 0.454. The zero-order valence-electron chi connectivity index (χ0n) is 19.7. The molecule has 3 aromatic rings. The second-order valence-electron chi connectivity index (χ2n) is 7.98. The van der Waals surface area contributed by atoms with Crippen LogP contribution in [0.2, 0.25) is 0 Å². The molecule has 0 bridgehead atoms. The van der Waals surface area contributed by atoms with Crippen LogP contribution in [0.25, 0.3) is 11.0 Å². The Bertz CT molecular complexity index is 1200. The van der Waals surface area contributed by atoms with E-state index in [1.165, 1.54) is 18.4 Å². The van der Waals surface area contributed by atoms with Gasteiger partial charge in [-0.25, -0.2) is 17.7 Å². The molecule has 0 atom stereocenters. The Kier molecular flexibility index (Phi) is 8.10. The van der Waals surface area contributed by atoms with Gasteiger partial charge in [0.25, 0.3) is 0 Å². The van der Waals surface area contributed by atoms with Gasteiger partial charge < -0.3 is 14.6 Å². The molecule has 33 heavy (non-hydrogen) atoms. The SMILES string of the molecule is CCCCn1c(CCC(=O)Nc2ccc(OCC)cc2)nc2cc(S(=O)(=O)N(C)C)ccc21. The summed E-state index contributed by atoms with van der Waals surface area (Å²) in [6.07, 6.45) is 2.71. The number of ether oxygens (including phenoxy) is 1. The number of fused-ring (bicyclic) bond motifs is 1. The van der Waals surface area contributed by atoms with Crippen LogP contribution < -0.4 is 10.1 Å². The molecule has 2 aromatic carbocycles. The number of carbonyl (C=O) groups is 1. The van der Waals surface area contributed by atoms with Crippen LogP contribution in [-0.4, -0.2) is 48.9 Å². The Morgan fingerprint density at radius 3 is 2.48 bits per heavy atom. The third-order valence-corrected chi connectivity index (χ3v) is 7.15. The van der Waals surface area contributed by atoms with Gasteiger partial charge in [-0.1, -0.05) is 13.3 Å². The first-order chi connectivity index (χ1) is 15.8. The summed E-state index contributed by atoms with van der Waals surface area (Å²) in [5.41, 5.74) is 2.21. The summed E-state index contributed by atoms with van der Waals surface area (Å²) in [7, 11) is -0.530. The molecule has 0 aliphatic heterocycles. The minimum absolute atomic E-state index is 0.107. The van der Waals surface area contributed by atoms with Crippen molar-refractivity contribution >= 4 is 32.7 Å². The number of unbranched alkanes of at least 4 members (excludes halogenated alkanes) is 1. The van der Waals surface area contributed by atoms with E-state index in [9.17, 15) is 13.2 Å². The van der Waals surface area contributed by atoms with Crippen molar-refractivity contribution in [1.29, 1.82) is 0 Å². The van der Waals surface area contributed by atoms with Gasteiger partial charge >= 0.3 is 0 Å². The van der Waals surface area contributed by atoms with Crippen LogP contribution in [0.4, 0.5) is 5.69 Å². The Hall–Kier alpha value is -2.91. The highest BCUT2D eigenvalue weighted by Crippen LogP contribution is 2.23. The highest BCUT2D eigenvalue weighted by molar-refractivity contribution is 7.89. The van der Waals surface area contributed by atoms with Crippen LogP contribution in [0.5, 0.6) is 5.75 Å². The first-order valence-electron chi connectivity index (χ1n) is 11.2. The highest BCUT2D eigenvalue weighted by Gasteiger charge is 2.20. The predicted octanol–water partition coefficient (Wildman–Crippen LogP) is 4.06. The summed E-state index contributed by atoms with van der Waals surface area (Å²) < 4.78 is 33.7. The van der Waals surface area contributed by atoms with Crippen molar-refractivity contribution in [2.24, 2.45) is 0 Å². The summed E-state index contributed by atoms with van der Waals surface area (Å²) in [5.74, 6) is 1.43. The normalized spacial score (nSPS) is 11.8. The Morgan fingerprint density at radius 1 is 1.12 bits per heavy atom. The molecule has 0 fully saturated rings. The minimum atomic E-state index is -3.55. The number of benzene rings is 2. The van der Waals surface area contributed by atoms with Crippen LogP contribution in [0.15, 0.2) is 47.4 Å². The average Bonchev–Trinajstić information content (AvgIpc) is 3.14. The molecule has 1 heterocycles. The van der Waals surface area contributed by atoms with E-state index < -0.39 is 10.0 Å². The number of carbonyl (C=O) groups excluding carboxylic acids is 1. The third-order valence-electron chi connectivity index (χ3n) is 5.34. The van der Waals surface area contributed by atoms with E-state index in [1.54, 1.807) is 18.2 Å². The van der Waals surface area contributed by atoms with E-state index in [0.29, 0.717) is 24.2 Å². The molecule has 178 valence electrons. The van der Waals surface area contributed by atoms with E-state index in [4.69, 9.17) is 9.72 Å². The topological polar surface area (TPSA) is 93.5 Å². The van der Waals surface area contributed by atoms with Gasteiger partial charge in [-0.3, -0.25) is 4.79 Å². The lowest BCUT2D eigenvalue weighted by molar-refractivity contribution is -0.116. The molecule has 3 rings (SSSR count). The number of anilines is 1. The third kappa shape index (κ3) is 5.91. The maximum Gasteiger partial charge on any atom is 0.242 e. The van der Waals surface area contributed by atoms with Crippen molar-refractivity contribution in [1.82, 2.24) is 13.9 Å². The molecule has 8 nitrogen and oxygen atoms in total. The van der Waals surface area contributed by atoms with Gasteiger partial charge in [0.05, 0.1) is 22.5 Å². The number of sulfonamides is 1. The molecular weight excluding hydrogens is 440 g/mol. The number of hydrogen-bond donors (Lipinski definition) is 1. The van der Waals surface area contributed by atoms with Gasteiger partial charge in [-0.2, -0.15) is 0 Å². The molecule has 0 spiro atoms. The molecule has 1 aromatic heterocycles. The Morgan fingerprint density at radius 2 is 1.85 bits per heavy atom. The summed E-state index contributed by atoms with van der Waals surface area (Å²) >= 11 is 0. The molecular formula is C24H32N4O4S. The fraction of sp³-hybridized carbons (Fsp3) is 0.417. The first kappa shape index (κ1) is 24.7. The van der Waals surface area contributed by atoms with Crippen LogP contribution in [-0.2, 0) is 27.8 Å². The Labute approximate surface area is 195 Å². The lowest BCUT2D eigenvalue weighted by Crippen LogP contribution is -2.22. The second kappa shape index (κ2) is 10.8.